The zero-order valence-corrected chi connectivity index (χ0v) is 11.2. The standard InChI is InChI=1S/C15H21NO2/c1-5-15(3,4)16-10-13(17)11-18-14-9-7-6-8-12(14)2/h1,6-9,13,16-17H,10-11H2,2-4H3. The van der Waals surface area contributed by atoms with Gasteiger partial charge in [-0.25, -0.2) is 0 Å². The van der Waals surface area contributed by atoms with E-state index in [1.807, 2.05) is 45.0 Å². The molecule has 0 spiro atoms. The maximum absolute atomic E-state index is 9.80. The van der Waals surface area contributed by atoms with Crippen LogP contribution in [0.2, 0.25) is 0 Å². The molecule has 0 heterocycles. The fourth-order valence-corrected chi connectivity index (χ4v) is 1.39. The molecule has 3 heteroatoms. The molecule has 0 aromatic heterocycles. The van der Waals surface area contributed by atoms with E-state index in [9.17, 15) is 5.11 Å². The van der Waals surface area contributed by atoms with E-state index in [-0.39, 0.29) is 6.61 Å². The maximum atomic E-state index is 9.80. The summed E-state index contributed by atoms with van der Waals surface area (Å²) in [7, 11) is 0. The Kier molecular flexibility index (Phi) is 5.21. The summed E-state index contributed by atoms with van der Waals surface area (Å²) >= 11 is 0. The monoisotopic (exact) mass is 247 g/mol. The molecule has 0 aliphatic rings. The van der Waals surface area contributed by atoms with Crippen LogP contribution in [0.15, 0.2) is 24.3 Å². The lowest BCUT2D eigenvalue weighted by Crippen LogP contribution is -2.43. The summed E-state index contributed by atoms with van der Waals surface area (Å²) in [5.74, 6) is 3.42. The lowest BCUT2D eigenvalue weighted by molar-refractivity contribution is 0.102. The quantitative estimate of drug-likeness (QED) is 0.752. The smallest absolute Gasteiger partial charge is 0.122 e. The van der Waals surface area contributed by atoms with Gasteiger partial charge in [-0.2, -0.15) is 0 Å². The van der Waals surface area contributed by atoms with Crippen LogP contribution in [0, 0.1) is 19.3 Å². The van der Waals surface area contributed by atoms with Crippen molar-refractivity contribution in [2.75, 3.05) is 13.2 Å². The Labute approximate surface area is 109 Å². The lowest BCUT2D eigenvalue weighted by atomic mass is 10.1. The van der Waals surface area contributed by atoms with E-state index >= 15 is 0 Å². The summed E-state index contributed by atoms with van der Waals surface area (Å²) in [5.41, 5.74) is 0.644. The number of benzene rings is 1. The first-order valence-electron chi connectivity index (χ1n) is 6.04. The van der Waals surface area contributed by atoms with E-state index in [2.05, 4.69) is 11.2 Å². The molecular formula is C15H21NO2. The summed E-state index contributed by atoms with van der Waals surface area (Å²) in [4.78, 5) is 0. The molecule has 0 radical (unpaired) electrons. The van der Waals surface area contributed by atoms with E-state index in [0.29, 0.717) is 6.54 Å². The van der Waals surface area contributed by atoms with Crippen molar-refractivity contribution < 1.29 is 9.84 Å². The minimum absolute atomic E-state index is 0.249. The first-order valence-corrected chi connectivity index (χ1v) is 6.04. The lowest BCUT2D eigenvalue weighted by Gasteiger charge is -2.22. The minimum Gasteiger partial charge on any atom is -0.491 e. The summed E-state index contributed by atoms with van der Waals surface area (Å²) in [5, 5.41) is 12.9. The van der Waals surface area contributed by atoms with Crippen molar-refractivity contribution in [1.82, 2.24) is 5.32 Å². The highest BCUT2D eigenvalue weighted by molar-refractivity contribution is 5.31. The molecule has 98 valence electrons. The Morgan fingerprint density at radius 2 is 2.11 bits per heavy atom. The predicted octanol–water partition coefficient (Wildman–Crippen LogP) is 1.74. The highest BCUT2D eigenvalue weighted by Gasteiger charge is 2.15. The van der Waals surface area contributed by atoms with Crippen molar-refractivity contribution in [2.45, 2.75) is 32.4 Å². The Morgan fingerprint density at radius 3 is 2.72 bits per heavy atom. The van der Waals surface area contributed by atoms with Gasteiger partial charge >= 0.3 is 0 Å². The molecular weight excluding hydrogens is 226 g/mol. The van der Waals surface area contributed by atoms with E-state index < -0.39 is 11.6 Å². The maximum Gasteiger partial charge on any atom is 0.122 e. The van der Waals surface area contributed by atoms with Crippen LogP contribution >= 0.6 is 0 Å². The summed E-state index contributed by atoms with van der Waals surface area (Å²) in [6, 6.07) is 7.73. The molecule has 0 bridgehead atoms. The molecule has 1 rings (SSSR count). The molecule has 1 atom stereocenters. The first kappa shape index (κ1) is 14.6. The van der Waals surface area contributed by atoms with Gasteiger partial charge in [0.2, 0.25) is 0 Å². The largest absolute Gasteiger partial charge is 0.491 e. The third-order valence-electron chi connectivity index (χ3n) is 2.67. The Morgan fingerprint density at radius 1 is 1.44 bits per heavy atom. The van der Waals surface area contributed by atoms with Crippen molar-refractivity contribution in [3.8, 4) is 18.1 Å². The molecule has 0 saturated carbocycles. The minimum atomic E-state index is -0.586. The fourth-order valence-electron chi connectivity index (χ4n) is 1.39. The number of rotatable bonds is 6. The molecule has 18 heavy (non-hydrogen) atoms. The average Bonchev–Trinajstić information content (AvgIpc) is 2.35. The zero-order valence-electron chi connectivity index (χ0n) is 11.2. The number of aliphatic hydroxyl groups excluding tert-OH is 1. The second-order valence-corrected chi connectivity index (χ2v) is 4.88. The molecule has 0 saturated heterocycles. The molecule has 0 aliphatic carbocycles. The molecule has 1 unspecified atom stereocenters. The summed E-state index contributed by atoms with van der Waals surface area (Å²) in [6.45, 7) is 6.41. The number of nitrogens with one attached hydrogen (secondary N) is 1. The van der Waals surface area contributed by atoms with Crippen molar-refractivity contribution >= 4 is 0 Å². The van der Waals surface area contributed by atoms with Crippen LogP contribution < -0.4 is 10.1 Å². The molecule has 0 fully saturated rings. The number of aliphatic hydroxyl groups is 1. The van der Waals surface area contributed by atoms with Crippen LogP contribution in [0.4, 0.5) is 0 Å². The van der Waals surface area contributed by atoms with Crippen LogP contribution in [0.5, 0.6) is 5.75 Å². The fraction of sp³-hybridized carbons (Fsp3) is 0.467. The summed E-state index contributed by atoms with van der Waals surface area (Å²) in [6.07, 6.45) is 4.77. The predicted molar refractivity (Wildman–Crippen MR) is 73.6 cm³/mol. The second kappa shape index (κ2) is 6.44. The second-order valence-electron chi connectivity index (χ2n) is 4.88. The van der Waals surface area contributed by atoms with Crippen molar-refractivity contribution in [1.29, 1.82) is 0 Å². The first-order chi connectivity index (χ1) is 8.44. The van der Waals surface area contributed by atoms with Crippen LogP contribution in [-0.4, -0.2) is 29.9 Å². The van der Waals surface area contributed by atoms with Crippen LogP contribution in [0.3, 0.4) is 0 Å². The van der Waals surface area contributed by atoms with E-state index in [4.69, 9.17) is 11.2 Å². The molecule has 2 N–H and O–H groups in total. The van der Waals surface area contributed by atoms with Crippen molar-refractivity contribution in [3.63, 3.8) is 0 Å². The highest BCUT2D eigenvalue weighted by atomic mass is 16.5. The molecule has 1 aromatic rings. The SMILES string of the molecule is C#CC(C)(C)NCC(O)COc1ccccc1C. The van der Waals surface area contributed by atoms with Crippen LogP contribution in [-0.2, 0) is 0 Å². The van der Waals surface area contributed by atoms with Gasteiger partial charge in [-0.3, -0.25) is 5.32 Å². The molecule has 0 aliphatic heterocycles. The Bertz CT molecular complexity index is 421. The number of hydrogen-bond acceptors (Lipinski definition) is 3. The number of aryl methyl sites for hydroxylation is 1. The van der Waals surface area contributed by atoms with Gasteiger partial charge in [0.15, 0.2) is 0 Å². The number of para-hydroxylation sites is 1. The highest BCUT2D eigenvalue weighted by Crippen LogP contribution is 2.16. The number of β-amino-alcohol motifs (C(OH)–C–C–N with tert-alkyl or cyclic N) is 1. The molecule has 3 nitrogen and oxygen atoms in total. The van der Waals surface area contributed by atoms with Gasteiger partial charge in [0.25, 0.3) is 0 Å². The zero-order chi connectivity index (χ0) is 13.6. The van der Waals surface area contributed by atoms with Crippen LogP contribution in [0.1, 0.15) is 19.4 Å². The molecule has 1 aromatic carbocycles. The van der Waals surface area contributed by atoms with Gasteiger partial charge in [-0.05, 0) is 32.4 Å². The van der Waals surface area contributed by atoms with E-state index in [1.54, 1.807) is 0 Å². The normalized spacial score (nSPS) is 12.8. The van der Waals surface area contributed by atoms with Gasteiger partial charge in [-0.1, -0.05) is 24.1 Å². The van der Waals surface area contributed by atoms with E-state index in [0.717, 1.165) is 11.3 Å². The average molecular weight is 247 g/mol. The van der Waals surface area contributed by atoms with Gasteiger partial charge in [0, 0.05) is 6.54 Å². The third kappa shape index (κ3) is 4.79. The number of terminal acetylenes is 1. The van der Waals surface area contributed by atoms with Gasteiger partial charge < -0.3 is 9.84 Å². The van der Waals surface area contributed by atoms with E-state index in [1.165, 1.54) is 0 Å². The van der Waals surface area contributed by atoms with Crippen molar-refractivity contribution in [2.24, 2.45) is 0 Å². The summed E-state index contributed by atoms with van der Waals surface area (Å²) < 4.78 is 5.56. The Hall–Kier alpha value is -1.50. The number of hydrogen-bond donors (Lipinski definition) is 2. The van der Waals surface area contributed by atoms with Gasteiger partial charge in [-0.15, -0.1) is 6.42 Å². The Balaban J connectivity index is 2.36. The van der Waals surface area contributed by atoms with Crippen LogP contribution in [0.25, 0.3) is 0 Å². The topological polar surface area (TPSA) is 41.5 Å². The van der Waals surface area contributed by atoms with Crippen molar-refractivity contribution in [3.05, 3.63) is 29.8 Å². The van der Waals surface area contributed by atoms with Gasteiger partial charge in [0.05, 0.1) is 5.54 Å². The van der Waals surface area contributed by atoms with Gasteiger partial charge in [0.1, 0.15) is 18.5 Å². The third-order valence-corrected chi connectivity index (χ3v) is 2.67. The molecule has 0 amide bonds. The number of ether oxygens (including phenoxy) is 1.